The van der Waals surface area contributed by atoms with Gasteiger partial charge in [-0.3, -0.25) is 4.79 Å². The number of hydrogen-bond donors (Lipinski definition) is 1. The van der Waals surface area contributed by atoms with Crippen molar-refractivity contribution >= 4 is 0 Å². The smallest absolute Gasteiger partial charge is 0.250 e. The number of nitrogens with one attached hydrogen (secondary N) is 1. The summed E-state index contributed by atoms with van der Waals surface area (Å²) in [7, 11) is 0. The first kappa shape index (κ1) is 14.0. The molecule has 1 unspecified atom stereocenters. The fraction of sp³-hybridized carbons (Fsp3) is 0.643. The molecule has 1 aromatic heterocycles. The molecule has 0 aliphatic heterocycles. The van der Waals surface area contributed by atoms with Crippen molar-refractivity contribution in [2.75, 3.05) is 6.54 Å². The number of aryl methyl sites for hydroxylation is 1. The predicted octanol–water partition coefficient (Wildman–Crippen LogP) is 2.18. The zero-order chi connectivity index (χ0) is 13.1. The van der Waals surface area contributed by atoms with Gasteiger partial charge in [-0.1, -0.05) is 27.7 Å². The quantitative estimate of drug-likeness (QED) is 0.869. The molecule has 0 saturated carbocycles. The van der Waals surface area contributed by atoms with E-state index in [0.717, 1.165) is 18.7 Å². The van der Waals surface area contributed by atoms with Crippen LogP contribution in [-0.2, 0) is 6.54 Å². The van der Waals surface area contributed by atoms with E-state index in [2.05, 4.69) is 33.0 Å². The van der Waals surface area contributed by atoms with Crippen LogP contribution in [0.1, 0.15) is 33.3 Å². The van der Waals surface area contributed by atoms with Gasteiger partial charge in [0.05, 0.1) is 0 Å². The van der Waals surface area contributed by atoms with Crippen molar-refractivity contribution in [3.8, 4) is 0 Å². The summed E-state index contributed by atoms with van der Waals surface area (Å²) in [6.07, 6.45) is 1.88. The Balaban J connectivity index is 2.90. The topological polar surface area (TPSA) is 34.0 Å². The van der Waals surface area contributed by atoms with Gasteiger partial charge in [0, 0.05) is 24.8 Å². The summed E-state index contributed by atoms with van der Waals surface area (Å²) in [5.74, 6) is 0. The minimum atomic E-state index is 0.0807. The number of hydrogen-bond acceptors (Lipinski definition) is 2. The van der Waals surface area contributed by atoms with Crippen LogP contribution < -0.4 is 10.9 Å². The molecular formula is C14H24N2O. The van der Waals surface area contributed by atoms with Gasteiger partial charge in [-0.05, 0) is 30.5 Å². The van der Waals surface area contributed by atoms with E-state index in [1.807, 2.05) is 19.2 Å². The minimum Gasteiger partial charge on any atom is -0.314 e. The number of nitrogens with zero attached hydrogens (tertiary/aromatic N) is 1. The molecule has 1 N–H and O–H groups in total. The second-order valence-corrected chi connectivity index (χ2v) is 5.67. The zero-order valence-electron chi connectivity index (χ0n) is 11.6. The average Bonchev–Trinajstić information content (AvgIpc) is 2.19. The molecule has 0 radical (unpaired) electrons. The first-order valence-electron chi connectivity index (χ1n) is 6.25. The molecule has 0 spiro atoms. The number of pyridine rings is 1. The molecule has 1 atom stereocenters. The Hall–Kier alpha value is -1.09. The average molecular weight is 236 g/mol. The van der Waals surface area contributed by atoms with Gasteiger partial charge in [0.1, 0.15) is 0 Å². The molecule has 0 amide bonds. The van der Waals surface area contributed by atoms with Crippen LogP contribution in [0, 0.1) is 12.3 Å². The summed E-state index contributed by atoms with van der Waals surface area (Å²) in [5, 5.41) is 3.45. The summed E-state index contributed by atoms with van der Waals surface area (Å²) in [5.41, 5.74) is 1.24. The fourth-order valence-electron chi connectivity index (χ4n) is 1.85. The van der Waals surface area contributed by atoms with Crippen LogP contribution in [-0.4, -0.2) is 17.2 Å². The van der Waals surface area contributed by atoms with Crippen molar-refractivity contribution in [3.63, 3.8) is 0 Å². The highest BCUT2D eigenvalue weighted by Crippen LogP contribution is 2.20. The summed E-state index contributed by atoms with van der Waals surface area (Å²) >= 11 is 0. The van der Waals surface area contributed by atoms with Gasteiger partial charge in [-0.2, -0.15) is 0 Å². The van der Waals surface area contributed by atoms with Crippen LogP contribution in [0.25, 0.3) is 0 Å². The van der Waals surface area contributed by atoms with Gasteiger partial charge in [0.25, 0.3) is 5.56 Å². The second kappa shape index (κ2) is 5.50. The van der Waals surface area contributed by atoms with Crippen molar-refractivity contribution in [1.29, 1.82) is 0 Å². The van der Waals surface area contributed by atoms with Crippen molar-refractivity contribution in [3.05, 3.63) is 34.2 Å². The molecule has 0 aromatic carbocycles. The lowest BCUT2D eigenvalue weighted by atomic mass is 9.86. The minimum absolute atomic E-state index is 0.0807. The molecule has 0 aliphatic rings. The van der Waals surface area contributed by atoms with E-state index >= 15 is 0 Å². The van der Waals surface area contributed by atoms with Crippen LogP contribution in [0.2, 0.25) is 0 Å². The summed E-state index contributed by atoms with van der Waals surface area (Å²) in [4.78, 5) is 11.8. The van der Waals surface area contributed by atoms with Gasteiger partial charge >= 0.3 is 0 Å². The Labute approximate surface area is 104 Å². The Morgan fingerprint density at radius 1 is 1.41 bits per heavy atom. The molecule has 1 rings (SSSR count). The molecule has 3 heteroatoms. The number of aromatic nitrogens is 1. The van der Waals surface area contributed by atoms with Crippen LogP contribution in [0.15, 0.2) is 23.1 Å². The van der Waals surface area contributed by atoms with Crippen molar-refractivity contribution in [2.45, 2.75) is 47.2 Å². The molecule has 0 aliphatic carbocycles. The molecule has 17 heavy (non-hydrogen) atoms. The molecule has 0 bridgehead atoms. The first-order valence-corrected chi connectivity index (χ1v) is 6.25. The van der Waals surface area contributed by atoms with Gasteiger partial charge in [0.15, 0.2) is 0 Å². The molecule has 0 fully saturated rings. The maximum Gasteiger partial charge on any atom is 0.250 e. The third kappa shape index (κ3) is 4.00. The molecule has 1 heterocycles. The highest BCUT2D eigenvalue weighted by molar-refractivity contribution is 5.08. The van der Waals surface area contributed by atoms with Crippen LogP contribution >= 0.6 is 0 Å². The van der Waals surface area contributed by atoms with E-state index in [1.165, 1.54) is 0 Å². The zero-order valence-corrected chi connectivity index (χ0v) is 11.6. The summed E-state index contributed by atoms with van der Waals surface area (Å²) in [6.45, 7) is 12.3. The molecule has 1 aromatic rings. The first-order chi connectivity index (χ1) is 7.84. The lowest BCUT2D eigenvalue weighted by Crippen LogP contribution is -2.45. The van der Waals surface area contributed by atoms with E-state index in [-0.39, 0.29) is 11.0 Å². The SMILES string of the molecule is CCNC(Cn1ccc(C)cc1=O)C(C)(C)C. The maximum absolute atomic E-state index is 11.8. The molecular weight excluding hydrogens is 212 g/mol. The van der Waals surface area contributed by atoms with Gasteiger partial charge in [-0.25, -0.2) is 0 Å². The lowest BCUT2D eigenvalue weighted by molar-refractivity contribution is 0.243. The highest BCUT2D eigenvalue weighted by atomic mass is 16.1. The number of rotatable bonds is 4. The highest BCUT2D eigenvalue weighted by Gasteiger charge is 2.24. The van der Waals surface area contributed by atoms with E-state index in [0.29, 0.717) is 6.04 Å². The molecule has 96 valence electrons. The van der Waals surface area contributed by atoms with Gasteiger partial charge < -0.3 is 9.88 Å². The van der Waals surface area contributed by atoms with Crippen LogP contribution in [0.5, 0.6) is 0 Å². The normalized spacial score (nSPS) is 13.7. The predicted molar refractivity (Wildman–Crippen MR) is 72.4 cm³/mol. The van der Waals surface area contributed by atoms with Crippen molar-refractivity contribution < 1.29 is 0 Å². The monoisotopic (exact) mass is 236 g/mol. The molecule has 3 nitrogen and oxygen atoms in total. The van der Waals surface area contributed by atoms with Gasteiger partial charge in [-0.15, -0.1) is 0 Å². The van der Waals surface area contributed by atoms with E-state index in [9.17, 15) is 4.79 Å². The summed E-state index contributed by atoms with van der Waals surface area (Å²) in [6, 6.07) is 3.96. The fourth-order valence-corrected chi connectivity index (χ4v) is 1.85. The Morgan fingerprint density at radius 3 is 2.53 bits per heavy atom. The number of likely N-dealkylation sites (N-methyl/N-ethyl adjacent to an activating group) is 1. The third-order valence-corrected chi connectivity index (χ3v) is 3.03. The standard InChI is InChI=1S/C14H24N2O/c1-6-15-12(14(3,4)5)10-16-8-7-11(2)9-13(16)17/h7-9,12,15H,6,10H2,1-5H3. The van der Waals surface area contributed by atoms with E-state index < -0.39 is 0 Å². The third-order valence-electron chi connectivity index (χ3n) is 3.03. The maximum atomic E-state index is 11.8. The summed E-state index contributed by atoms with van der Waals surface area (Å²) < 4.78 is 1.78. The Bertz CT molecular complexity index is 415. The van der Waals surface area contributed by atoms with Crippen LogP contribution in [0.3, 0.4) is 0 Å². The van der Waals surface area contributed by atoms with Crippen LogP contribution in [0.4, 0.5) is 0 Å². The second-order valence-electron chi connectivity index (χ2n) is 5.67. The lowest BCUT2D eigenvalue weighted by Gasteiger charge is -2.31. The van der Waals surface area contributed by atoms with Gasteiger partial charge in [0.2, 0.25) is 0 Å². The van der Waals surface area contributed by atoms with E-state index in [4.69, 9.17) is 0 Å². The van der Waals surface area contributed by atoms with Crippen molar-refractivity contribution in [1.82, 2.24) is 9.88 Å². The largest absolute Gasteiger partial charge is 0.314 e. The van der Waals surface area contributed by atoms with E-state index in [1.54, 1.807) is 10.6 Å². The Morgan fingerprint density at radius 2 is 2.06 bits per heavy atom. The molecule has 0 saturated heterocycles. The Kier molecular flexibility index (Phi) is 4.52. The van der Waals surface area contributed by atoms with Crippen molar-refractivity contribution in [2.24, 2.45) is 5.41 Å².